The van der Waals surface area contributed by atoms with Gasteiger partial charge in [-0.3, -0.25) is 19.3 Å². The molecule has 0 spiro atoms. The van der Waals surface area contributed by atoms with E-state index < -0.39 is 40.0 Å². The highest BCUT2D eigenvalue weighted by atomic mass is 32.3. The molecule has 2 aromatic rings. The van der Waals surface area contributed by atoms with Crippen LogP contribution in [-0.2, 0) is 5.54 Å². The van der Waals surface area contributed by atoms with E-state index in [1.54, 1.807) is 0 Å². The van der Waals surface area contributed by atoms with E-state index in [9.17, 15) is 18.3 Å². The van der Waals surface area contributed by atoms with Crippen LogP contribution in [0.3, 0.4) is 0 Å². The van der Waals surface area contributed by atoms with E-state index in [0.29, 0.717) is 19.3 Å². The number of hydrogen-bond donors (Lipinski definition) is 5. The van der Waals surface area contributed by atoms with Gasteiger partial charge in [0.2, 0.25) is 11.8 Å². The second kappa shape index (κ2) is 8.72. The van der Waals surface area contributed by atoms with Gasteiger partial charge in [0.25, 0.3) is 5.91 Å². The summed E-state index contributed by atoms with van der Waals surface area (Å²) in [5.74, 6) is -1.33. The van der Waals surface area contributed by atoms with E-state index in [2.05, 4.69) is 20.6 Å². The first-order chi connectivity index (χ1) is 15.7. The molecule has 33 heavy (non-hydrogen) atoms. The summed E-state index contributed by atoms with van der Waals surface area (Å²) in [6.45, 7) is -0.855. The molecule has 1 aromatic heterocycles. The van der Waals surface area contributed by atoms with Crippen molar-refractivity contribution in [2.45, 2.75) is 30.1 Å². The summed E-state index contributed by atoms with van der Waals surface area (Å²) < 4.78 is 54.8. The fraction of sp³-hybridized carbons (Fsp3) is 0.400. The van der Waals surface area contributed by atoms with E-state index in [0.717, 1.165) is 4.31 Å². The molecule has 1 amide bonds. The van der Waals surface area contributed by atoms with Crippen molar-refractivity contribution in [3.63, 3.8) is 0 Å². The van der Waals surface area contributed by atoms with Gasteiger partial charge in [0.05, 0.1) is 23.2 Å². The van der Waals surface area contributed by atoms with Crippen LogP contribution < -0.4 is 15.4 Å². The number of benzene rings is 1. The third-order valence-electron chi connectivity index (χ3n) is 5.92. The molecule has 13 heteroatoms. The van der Waals surface area contributed by atoms with Crippen LogP contribution in [0.25, 0.3) is 0 Å². The fourth-order valence-electron chi connectivity index (χ4n) is 4.33. The quantitative estimate of drug-likeness (QED) is 0.423. The van der Waals surface area contributed by atoms with Crippen molar-refractivity contribution in [2.75, 3.05) is 25.6 Å². The van der Waals surface area contributed by atoms with Crippen LogP contribution in [0.15, 0.2) is 30.6 Å². The highest BCUT2D eigenvalue weighted by Crippen LogP contribution is 2.62. The predicted molar refractivity (Wildman–Crippen MR) is 119 cm³/mol. The average molecular weight is 483 g/mol. The van der Waals surface area contributed by atoms with Gasteiger partial charge >= 0.3 is 0 Å². The number of halogens is 2. The summed E-state index contributed by atoms with van der Waals surface area (Å²) in [6.07, 6.45) is 3.81. The second-order valence-corrected chi connectivity index (χ2v) is 10.0. The standard InChI is InChI=1S/C20H24F2N6O4S/c1-28-19(23)27-20(6-2-3-16(20)33(28,30)31)13-9-12(4-5-14(13)22)26-18(29)15-10-25-17(11-24-15)32-8-7-21/h4-5,9-11,16,30-31H,2-3,6-8H2,1H3,(H2,23,27)(H,26,29)/t16-,20-/m1/s1. The van der Waals surface area contributed by atoms with Crippen LogP contribution in [0.1, 0.15) is 35.3 Å². The largest absolute Gasteiger partial charge is 0.474 e. The van der Waals surface area contributed by atoms with Crippen LogP contribution in [0, 0.1) is 11.2 Å². The predicted octanol–water partition coefficient (Wildman–Crippen LogP) is 3.10. The van der Waals surface area contributed by atoms with Gasteiger partial charge in [-0.25, -0.2) is 23.1 Å². The Morgan fingerprint density at radius 3 is 2.91 bits per heavy atom. The highest BCUT2D eigenvalue weighted by molar-refractivity contribution is 8.23. The lowest BCUT2D eigenvalue weighted by atomic mass is 9.86. The summed E-state index contributed by atoms with van der Waals surface area (Å²) in [5.41, 5.74) is -0.817. The van der Waals surface area contributed by atoms with Gasteiger partial charge in [-0.1, -0.05) is 0 Å². The molecule has 1 saturated carbocycles. The molecular weight excluding hydrogens is 458 g/mol. The van der Waals surface area contributed by atoms with Crippen LogP contribution >= 0.6 is 10.8 Å². The Bertz CT molecular complexity index is 1070. The molecule has 5 N–H and O–H groups in total. The molecule has 1 aliphatic carbocycles. The molecule has 0 bridgehead atoms. The van der Waals surface area contributed by atoms with Crippen LogP contribution in [0.2, 0.25) is 0 Å². The summed E-state index contributed by atoms with van der Waals surface area (Å²) in [5, 5.41) is 13.0. The fourth-order valence-corrected chi connectivity index (χ4v) is 6.35. The van der Waals surface area contributed by atoms with E-state index in [1.807, 2.05) is 0 Å². The Balaban J connectivity index is 1.61. The van der Waals surface area contributed by atoms with Gasteiger partial charge in [-0.05, 0) is 37.5 Å². The average Bonchev–Trinajstić information content (AvgIpc) is 3.23. The van der Waals surface area contributed by atoms with Crippen LogP contribution in [0.4, 0.5) is 14.5 Å². The maximum atomic E-state index is 15.0. The summed E-state index contributed by atoms with van der Waals surface area (Å²) in [4.78, 5) is 20.4. The van der Waals surface area contributed by atoms with Crippen molar-refractivity contribution in [1.29, 1.82) is 5.41 Å². The zero-order valence-electron chi connectivity index (χ0n) is 17.7. The maximum absolute atomic E-state index is 15.0. The monoisotopic (exact) mass is 482 g/mol. The first kappa shape index (κ1) is 23.1. The number of nitrogens with one attached hydrogen (secondary N) is 3. The Morgan fingerprint density at radius 2 is 2.21 bits per heavy atom. The van der Waals surface area contributed by atoms with Crippen molar-refractivity contribution in [2.24, 2.45) is 0 Å². The lowest BCUT2D eigenvalue weighted by molar-refractivity contribution is 0.102. The molecular formula is C20H24F2N6O4S. The number of alkyl halides is 1. The third-order valence-corrected chi connectivity index (χ3v) is 8.31. The number of anilines is 1. The summed E-state index contributed by atoms with van der Waals surface area (Å²) in [6, 6.07) is 3.99. The number of aromatic nitrogens is 2. The molecule has 2 fully saturated rings. The molecule has 1 aromatic carbocycles. The molecule has 0 unspecified atom stereocenters. The van der Waals surface area contributed by atoms with Crippen LogP contribution in [-0.4, -0.2) is 60.8 Å². The SMILES string of the molecule is CN1C(=N)N[C@@]2(c3cc(NC(=O)c4cnc(OCCF)cn4)ccc3F)CCC[C@H]2S1(O)O. The zero-order chi connectivity index (χ0) is 23.8. The molecule has 0 radical (unpaired) electrons. The Kier molecular flexibility index (Phi) is 6.12. The number of carbonyl (C=O) groups excluding carboxylic acids is 1. The molecule has 2 heterocycles. The molecule has 1 saturated heterocycles. The molecule has 2 aliphatic rings. The van der Waals surface area contributed by atoms with Gasteiger partial charge in [0.1, 0.15) is 24.8 Å². The van der Waals surface area contributed by atoms with Gasteiger partial charge in [0, 0.05) is 18.3 Å². The van der Waals surface area contributed by atoms with Crippen molar-refractivity contribution < 1.29 is 27.4 Å². The van der Waals surface area contributed by atoms with Crippen molar-refractivity contribution in [3.05, 3.63) is 47.7 Å². The Morgan fingerprint density at radius 1 is 1.42 bits per heavy atom. The minimum atomic E-state index is -3.36. The zero-order valence-corrected chi connectivity index (χ0v) is 18.5. The number of guanidine groups is 1. The lowest BCUT2D eigenvalue weighted by Crippen LogP contribution is -2.63. The lowest BCUT2D eigenvalue weighted by Gasteiger charge is -2.57. The van der Waals surface area contributed by atoms with E-state index in [1.165, 1.54) is 37.6 Å². The normalized spacial score (nSPS) is 24.6. The highest BCUT2D eigenvalue weighted by Gasteiger charge is 2.57. The topological polar surface area (TPSA) is 144 Å². The number of fused-ring (bicyclic) bond motifs is 1. The second-order valence-electron chi connectivity index (χ2n) is 7.81. The molecule has 4 rings (SSSR count). The molecule has 10 nitrogen and oxygen atoms in total. The minimum Gasteiger partial charge on any atom is -0.474 e. The first-order valence-electron chi connectivity index (χ1n) is 10.2. The van der Waals surface area contributed by atoms with E-state index in [4.69, 9.17) is 10.1 Å². The van der Waals surface area contributed by atoms with Crippen molar-refractivity contribution >= 4 is 28.3 Å². The van der Waals surface area contributed by atoms with Gasteiger partial charge in [-0.15, -0.1) is 10.8 Å². The van der Waals surface area contributed by atoms with E-state index in [-0.39, 0.29) is 35.4 Å². The number of amides is 1. The number of nitrogens with zero attached hydrogens (tertiary/aromatic N) is 3. The van der Waals surface area contributed by atoms with Gasteiger partial charge in [0.15, 0.2) is 0 Å². The third kappa shape index (κ3) is 4.07. The molecule has 1 aliphatic heterocycles. The number of rotatable bonds is 6. The molecule has 2 atom stereocenters. The van der Waals surface area contributed by atoms with Gasteiger partial charge in [-0.2, -0.15) is 0 Å². The Labute approximate surface area is 190 Å². The maximum Gasteiger partial charge on any atom is 0.275 e. The van der Waals surface area contributed by atoms with Gasteiger partial charge < -0.3 is 15.4 Å². The first-order valence-corrected chi connectivity index (χ1v) is 11.8. The van der Waals surface area contributed by atoms with Crippen LogP contribution in [0.5, 0.6) is 5.88 Å². The van der Waals surface area contributed by atoms with Crippen molar-refractivity contribution in [3.8, 4) is 5.88 Å². The summed E-state index contributed by atoms with van der Waals surface area (Å²) in [7, 11) is -1.95. The van der Waals surface area contributed by atoms with E-state index >= 15 is 4.39 Å². The Hall–Kier alpha value is -3.03. The smallest absolute Gasteiger partial charge is 0.275 e. The number of carbonyl (C=O) groups is 1. The number of hydrogen-bond acceptors (Lipinski definition) is 7. The van der Waals surface area contributed by atoms with Crippen molar-refractivity contribution in [1.82, 2.24) is 19.6 Å². The minimum absolute atomic E-state index is 0.0289. The summed E-state index contributed by atoms with van der Waals surface area (Å²) >= 11 is 0. The number of ether oxygens (including phenoxy) is 1. The molecule has 178 valence electrons.